The first-order chi connectivity index (χ1) is 9.03. The maximum atomic E-state index is 13.0. The Morgan fingerprint density at radius 3 is 1.42 bits per heavy atom. The maximum absolute atomic E-state index is 13.0. The van der Waals surface area contributed by atoms with E-state index >= 15 is 0 Å². The first-order valence-electron chi connectivity index (χ1n) is 6.42. The van der Waals surface area contributed by atoms with Crippen LogP contribution in [0.1, 0.15) is 36.3 Å². The van der Waals surface area contributed by atoms with Gasteiger partial charge in [0, 0.05) is 11.3 Å². The van der Waals surface area contributed by atoms with Gasteiger partial charge in [-0.3, -0.25) is 0 Å². The molecule has 0 saturated heterocycles. The number of hydrogen-bond donors (Lipinski definition) is 0. The molecule has 2 aromatic carbocycles. The van der Waals surface area contributed by atoms with Crippen LogP contribution in [0.3, 0.4) is 0 Å². The van der Waals surface area contributed by atoms with Crippen LogP contribution in [0.2, 0.25) is 0 Å². The van der Waals surface area contributed by atoms with Crippen molar-refractivity contribution in [1.82, 2.24) is 0 Å². The smallest absolute Gasteiger partial charge is 0.183 e. The van der Waals surface area contributed by atoms with Crippen molar-refractivity contribution in [3.63, 3.8) is 0 Å². The van der Waals surface area contributed by atoms with Gasteiger partial charge in [0.2, 0.25) is 0 Å². The summed E-state index contributed by atoms with van der Waals surface area (Å²) in [6.07, 6.45) is 0. The van der Waals surface area contributed by atoms with Crippen LogP contribution in [-0.2, 0) is 4.57 Å². The van der Waals surface area contributed by atoms with Crippen molar-refractivity contribution in [2.75, 3.05) is 0 Å². The second kappa shape index (κ2) is 5.94. The Balaban J connectivity index is 2.30. The molecule has 3 heteroatoms. The van der Waals surface area contributed by atoms with Crippen LogP contribution in [-0.4, -0.2) is 0 Å². The molecule has 0 heterocycles. The van der Waals surface area contributed by atoms with E-state index in [-0.39, 0.29) is 11.3 Å². The van der Waals surface area contributed by atoms with Crippen molar-refractivity contribution in [1.29, 1.82) is 0 Å². The van der Waals surface area contributed by atoms with Gasteiger partial charge < -0.3 is 4.57 Å². The molecule has 0 radical (unpaired) electrons. The normalized spacial score (nSPS) is 14.9. The highest BCUT2D eigenvalue weighted by Gasteiger charge is 2.35. The highest BCUT2D eigenvalue weighted by molar-refractivity contribution is 7.89. The highest BCUT2D eigenvalue weighted by Crippen LogP contribution is 2.72. The monoisotopic (exact) mass is 292 g/mol. The van der Waals surface area contributed by atoms with E-state index in [4.69, 9.17) is 11.2 Å². The molecule has 0 aliphatic carbocycles. The van der Waals surface area contributed by atoms with Crippen molar-refractivity contribution >= 4 is 17.7 Å². The summed E-state index contributed by atoms with van der Waals surface area (Å²) in [6.45, 7) is 1.05. The highest BCUT2D eigenvalue weighted by atomic mass is 35.7. The van der Waals surface area contributed by atoms with E-state index < -0.39 is 6.49 Å². The minimum Gasteiger partial charge on any atom is -0.305 e. The van der Waals surface area contributed by atoms with Crippen LogP contribution in [0.4, 0.5) is 0 Å². The average Bonchev–Trinajstić information content (AvgIpc) is 2.47. The minimum atomic E-state index is -2.85. The molecule has 0 bridgehead atoms. The summed E-state index contributed by atoms with van der Waals surface area (Å²) in [5, 5.41) is 0. The quantitative estimate of drug-likeness (QED) is 0.629. The summed E-state index contributed by atoms with van der Waals surface area (Å²) in [5.74, 6) is 0. The Kier molecular flexibility index (Phi) is 4.50. The van der Waals surface area contributed by atoms with E-state index in [0.717, 1.165) is 11.1 Å². The molecule has 2 rings (SSSR count). The molecule has 0 aliphatic heterocycles. The topological polar surface area (TPSA) is 17.1 Å². The number of rotatable bonds is 4. The van der Waals surface area contributed by atoms with Crippen LogP contribution in [0.5, 0.6) is 0 Å². The standard InChI is InChI=1S/C16H18ClOP/c1-13(15-9-5-3-6-10-15)19(17,18)14(2)16-11-7-4-8-12-16/h3-14H,1-2H3/t13-,14-/m0/s1. The van der Waals surface area contributed by atoms with Crippen LogP contribution >= 0.6 is 17.7 Å². The SMILES string of the molecule is C[C@@H](c1ccccc1)P(=O)(Cl)[C@@H](C)c1ccccc1. The molecular weight excluding hydrogens is 275 g/mol. The third-order valence-electron chi connectivity index (χ3n) is 3.62. The van der Waals surface area contributed by atoms with Gasteiger partial charge in [0.1, 0.15) is 0 Å². The molecule has 2 aromatic rings. The Labute approximate surface area is 119 Å². The van der Waals surface area contributed by atoms with Crippen LogP contribution in [0.15, 0.2) is 60.7 Å². The van der Waals surface area contributed by atoms with E-state index in [1.165, 1.54) is 0 Å². The zero-order valence-corrected chi connectivity index (χ0v) is 12.8. The summed E-state index contributed by atoms with van der Waals surface area (Å²) in [7, 11) is 0. The maximum Gasteiger partial charge on any atom is 0.183 e. The molecule has 0 saturated carbocycles. The van der Waals surface area contributed by atoms with E-state index in [1.54, 1.807) is 0 Å². The molecule has 2 atom stereocenters. The Morgan fingerprint density at radius 2 is 1.11 bits per heavy atom. The van der Waals surface area contributed by atoms with Crippen molar-refractivity contribution in [2.45, 2.75) is 25.2 Å². The van der Waals surface area contributed by atoms with Gasteiger partial charge in [-0.2, -0.15) is 0 Å². The van der Waals surface area contributed by atoms with E-state index in [9.17, 15) is 4.57 Å². The van der Waals surface area contributed by atoms with E-state index in [2.05, 4.69) is 0 Å². The number of hydrogen-bond acceptors (Lipinski definition) is 1. The summed E-state index contributed by atoms with van der Waals surface area (Å²) in [6, 6.07) is 19.7. The third-order valence-corrected chi connectivity index (χ3v) is 8.09. The summed E-state index contributed by atoms with van der Waals surface area (Å²) >= 11 is 6.46. The number of benzene rings is 2. The molecule has 0 unspecified atom stereocenters. The van der Waals surface area contributed by atoms with Crippen LogP contribution in [0.25, 0.3) is 0 Å². The van der Waals surface area contributed by atoms with Gasteiger partial charge in [0.15, 0.2) is 6.49 Å². The molecule has 0 spiro atoms. The largest absolute Gasteiger partial charge is 0.305 e. The lowest BCUT2D eigenvalue weighted by Crippen LogP contribution is -1.99. The average molecular weight is 293 g/mol. The Bertz CT molecular complexity index is 518. The Hall–Kier alpha value is -1.04. The van der Waals surface area contributed by atoms with Gasteiger partial charge in [0.05, 0.1) is 0 Å². The van der Waals surface area contributed by atoms with Crippen molar-refractivity contribution in [3.8, 4) is 0 Å². The lowest BCUT2D eigenvalue weighted by molar-refractivity contribution is 0.571. The third kappa shape index (κ3) is 3.11. The second-order valence-corrected chi connectivity index (χ2v) is 9.18. The Morgan fingerprint density at radius 1 is 0.789 bits per heavy atom. The fourth-order valence-corrected chi connectivity index (χ4v) is 4.71. The van der Waals surface area contributed by atoms with Crippen molar-refractivity contribution in [2.24, 2.45) is 0 Å². The molecule has 0 amide bonds. The fourth-order valence-electron chi connectivity index (χ4n) is 2.21. The van der Waals surface area contributed by atoms with Gasteiger partial charge >= 0.3 is 0 Å². The van der Waals surface area contributed by atoms with Gasteiger partial charge in [0.25, 0.3) is 0 Å². The molecule has 0 fully saturated rings. The molecule has 0 aliphatic rings. The molecule has 100 valence electrons. The lowest BCUT2D eigenvalue weighted by Gasteiger charge is -2.25. The molecule has 19 heavy (non-hydrogen) atoms. The predicted octanol–water partition coefficient (Wildman–Crippen LogP) is 6.03. The molecular formula is C16H18ClOP. The molecule has 0 N–H and O–H groups in total. The first-order valence-corrected chi connectivity index (χ1v) is 9.17. The summed E-state index contributed by atoms with van der Waals surface area (Å²) in [5.41, 5.74) is 1.77. The fraction of sp³-hybridized carbons (Fsp3) is 0.250. The van der Waals surface area contributed by atoms with Gasteiger partial charge in [-0.25, -0.2) is 0 Å². The van der Waals surface area contributed by atoms with Crippen molar-refractivity contribution in [3.05, 3.63) is 71.8 Å². The van der Waals surface area contributed by atoms with Gasteiger partial charge in [-0.05, 0) is 11.1 Å². The zero-order valence-electron chi connectivity index (χ0n) is 11.2. The second-order valence-electron chi connectivity index (χ2n) is 4.80. The van der Waals surface area contributed by atoms with E-state index in [0.29, 0.717) is 0 Å². The lowest BCUT2D eigenvalue weighted by atomic mass is 10.2. The van der Waals surface area contributed by atoms with Crippen LogP contribution in [0, 0.1) is 0 Å². The zero-order chi connectivity index (χ0) is 13.9. The van der Waals surface area contributed by atoms with Crippen LogP contribution < -0.4 is 0 Å². The van der Waals surface area contributed by atoms with E-state index in [1.807, 2.05) is 74.5 Å². The van der Waals surface area contributed by atoms with Gasteiger partial charge in [-0.15, -0.1) is 0 Å². The minimum absolute atomic E-state index is 0.148. The van der Waals surface area contributed by atoms with Gasteiger partial charge in [-0.1, -0.05) is 85.8 Å². The summed E-state index contributed by atoms with van der Waals surface area (Å²) in [4.78, 5) is 0. The number of halogens is 1. The molecule has 1 nitrogen and oxygen atoms in total. The predicted molar refractivity (Wildman–Crippen MR) is 83.2 cm³/mol. The first kappa shape index (κ1) is 14.4. The van der Waals surface area contributed by atoms with Crippen molar-refractivity contribution < 1.29 is 4.57 Å². The summed E-state index contributed by atoms with van der Waals surface area (Å²) < 4.78 is 13.0. The molecule has 0 aromatic heterocycles.